The van der Waals surface area contributed by atoms with Crippen molar-refractivity contribution in [3.63, 3.8) is 0 Å². The molecular weight excluding hydrogens is 290 g/mol. The van der Waals surface area contributed by atoms with Crippen LogP contribution in [0.15, 0.2) is 30.5 Å². The zero-order chi connectivity index (χ0) is 15.5. The molecule has 1 aliphatic heterocycles. The van der Waals surface area contributed by atoms with Crippen LogP contribution in [0.5, 0.6) is 0 Å². The second kappa shape index (κ2) is 6.23. The molecule has 2 heterocycles. The number of aliphatic hydroxyl groups excluding tert-OH is 1. The van der Waals surface area contributed by atoms with Gasteiger partial charge in [-0.1, -0.05) is 0 Å². The Morgan fingerprint density at radius 3 is 2.95 bits per heavy atom. The SMILES string of the molecule is OCc1ccnc(NC2CCN(c3ccc(F)cc3F)C2)n1. The monoisotopic (exact) mass is 306 g/mol. The molecule has 7 heteroatoms. The van der Waals surface area contributed by atoms with E-state index in [9.17, 15) is 8.78 Å². The Hall–Kier alpha value is -2.28. The molecule has 2 aromatic rings. The van der Waals surface area contributed by atoms with Gasteiger partial charge in [0.1, 0.15) is 11.6 Å². The van der Waals surface area contributed by atoms with Crippen molar-refractivity contribution in [2.75, 3.05) is 23.3 Å². The summed E-state index contributed by atoms with van der Waals surface area (Å²) in [5.41, 5.74) is 0.938. The molecule has 0 aliphatic carbocycles. The minimum Gasteiger partial charge on any atom is -0.390 e. The van der Waals surface area contributed by atoms with Gasteiger partial charge in [0.2, 0.25) is 5.95 Å². The summed E-state index contributed by atoms with van der Waals surface area (Å²) in [7, 11) is 0. The van der Waals surface area contributed by atoms with E-state index in [0.717, 1.165) is 12.5 Å². The Morgan fingerprint density at radius 1 is 1.32 bits per heavy atom. The molecule has 116 valence electrons. The van der Waals surface area contributed by atoms with Crippen molar-refractivity contribution in [1.29, 1.82) is 0 Å². The second-order valence-electron chi connectivity index (χ2n) is 5.20. The average Bonchev–Trinajstić information content (AvgIpc) is 2.95. The molecule has 1 aliphatic rings. The predicted molar refractivity (Wildman–Crippen MR) is 78.6 cm³/mol. The van der Waals surface area contributed by atoms with E-state index in [0.29, 0.717) is 30.4 Å². The van der Waals surface area contributed by atoms with Gasteiger partial charge in [-0.2, -0.15) is 0 Å². The molecule has 1 atom stereocenters. The van der Waals surface area contributed by atoms with Crippen molar-refractivity contribution in [3.05, 3.63) is 47.8 Å². The van der Waals surface area contributed by atoms with E-state index in [1.165, 1.54) is 12.1 Å². The van der Waals surface area contributed by atoms with Crippen molar-refractivity contribution in [2.45, 2.75) is 19.1 Å². The van der Waals surface area contributed by atoms with Gasteiger partial charge in [0, 0.05) is 31.4 Å². The van der Waals surface area contributed by atoms with Crippen LogP contribution in [0, 0.1) is 11.6 Å². The molecule has 0 radical (unpaired) electrons. The summed E-state index contributed by atoms with van der Waals surface area (Å²) in [6, 6.07) is 5.31. The summed E-state index contributed by atoms with van der Waals surface area (Å²) in [5.74, 6) is -0.693. The molecule has 0 bridgehead atoms. The van der Waals surface area contributed by atoms with Crippen LogP contribution in [-0.2, 0) is 6.61 Å². The molecule has 3 rings (SSSR count). The fraction of sp³-hybridized carbons (Fsp3) is 0.333. The maximum atomic E-state index is 13.8. The molecule has 0 amide bonds. The Morgan fingerprint density at radius 2 is 2.18 bits per heavy atom. The van der Waals surface area contributed by atoms with Gasteiger partial charge < -0.3 is 15.3 Å². The summed E-state index contributed by atoms with van der Waals surface area (Å²) in [6.45, 7) is 1.10. The van der Waals surface area contributed by atoms with Gasteiger partial charge in [-0.3, -0.25) is 0 Å². The highest BCUT2D eigenvalue weighted by atomic mass is 19.1. The molecule has 22 heavy (non-hydrogen) atoms. The van der Waals surface area contributed by atoms with E-state index in [1.54, 1.807) is 12.3 Å². The molecule has 1 aromatic heterocycles. The third-order valence-corrected chi connectivity index (χ3v) is 3.65. The van der Waals surface area contributed by atoms with Crippen molar-refractivity contribution in [3.8, 4) is 0 Å². The summed E-state index contributed by atoms with van der Waals surface area (Å²) in [4.78, 5) is 10.1. The Kier molecular flexibility index (Phi) is 4.15. The van der Waals surface area contributed by atoms with Crippen LogP contribution >= 0.6 is 0 Å². The molecule has 1 aromatic carbocycles. The minimum atomic E-state index is -0.579. The van der Waals surface area contributed by atoms with Gasteiger partial charge in [-0.05, 0) is 24.6 Å². The number of halogens is 2. The Balaban J connectivity index is 1.67. The van der Waals surface area contributed by atoms with E-state index in [-0.39, 0.29) is 12.6 Å². The Labute approximate surface area is 126 Å². The van der Waals surface area contributed by atoms with Gasteiger partial charge in [0.25, 0.3) is 0 Å². The summed E-state index contributed by atoms with van der Waals surface area (Å²) in [6.07, 6.45) is 2.37. The lowest BCUT2D eigenvalue weighted by molar-refractivity contribution is 0.277. The first kappa shape index (κ1) is 14.6. The highest BCUT2D eigenvalue weighted by Gasteiger charge is 2.25. The highest BCUT2D eigenvalue weighted by Crippen LogP contribution is 2.25. The van der Waals surface area contributed by atoms with Crippen LogP contribution in [-0.4, -0.2) is 34.2 Å². The van der Waals surface area contributed by atoms with Crippen molar-refractivity contribution in [2.24, 2.45) is 0 Å². The number of benzene rings is 1. The lowest BCUT2D eigenvalue weighted by atomic mass is 10.2. The number of aromatic nitrogens is 2. The maximum Gasteiger partial charge on any atom is 0.223 e. The zero-order valence-corrected chi connectivity index (χ0v) is 11.8. The normalized spacial score (nSPS) is 17.8. The molecule has 0 saturated carbocycles. The van der Waals surface area contributed by atoms with Crippen LogP contribution in [0.1, 0.15) is 12.1 Å². The first-order valence-electron chi connectivity index (χ1n) is 7.05. The average molecular weight is 306 g/mol. The zero-order valence-electron chi connectivity index (χ0n) is 11.8. The number of nitrogens with one attached hydrogen (secondary N) is 1. The van der Waals surface area contributed by atoms with Crippen LogP contribution in [0.4, 0.5) is 20.4 Å². The third-order valence-electron chi connectivity index (χ3n) is 3.65. The maximum absolute atomic E-state index is 13.8. The first-order valence-corrected chi connectivity index (χ1v) is 7.05. The minimum absolute atomic E-state index is 0.0680. The number of anilines is 2. The molecule has 5 nitrogen and oxygen atoms in total. The van der Waals surface area contributed by atoms with Gasteiger partial charge in [0.05, 0.1) is 18.0 Å². The fourth-order valence-electron chi connectivity index (χ4n) is 2.57. The lowest BCUT2D eigenvalue weighted by Gasteiger charge is -2.19. The fourth-order valence-corrected chi connectivity index (χ4v) is 2.57. The first-order chi connectivity index (χ1) is 10.7. The standard InChI is InChI=1S/C15H16F2N4O/c16-10-1-2-14(13(17)7-10)21-6-4-11(8-21)19-15-18-5-3-12(9-22)20-15/h1-3,5,7,11,22H,4,6,8-9H2,(H,18,19,20). The number of nitrogens with zero attached hydrogens (tertiary/aromatic N) is 3. The van der Waals surface area contributed by atoms with Crippen molar-refractivity contribution in [1.82, 2.24) is 9.97 Å². The molecule has 0 spiro atoms. The van der Waals surface area contributed by atoms with E-state index in [1.807, 2.05) is 4.90 Å². The van der Waals surface area contributed by atoms with E-state index >= 15 is 0 Å². The van der Waals surface area contributed by atoms with E-state index in [2.05, 4.69) is 15.3 Å². The second-order valence-corrected chi connectivity index (χ2v) is 5.20. The van der Waals surface area contributed by atoms with Crippen LogP contribution in [0.3, 0.4) is 0 Å². The number of hydrogen-bond donors (Lipinski definition) is 2. The van der Waals surface area contributed by atoms with Gasteiger partial charge in [0.15, 0.2) is 0 Å². The van der Waals surface area contributed by atoms with E-state index in [4.69, 9.17) is 5.11 Å². The van der Waals surface area contributed by atoms with Crippen LogP contribution in [0.25, 0.3) is 0 Å². The summed E-state index contributed by atoms with van der Waals surface area (Å²) >= 11 is 0. The summed E-state index contributed by atoms with van der Waals surface area (Å²) < 4.78 is 26.8. The third kappa shape index (κ3) is 3.14. The van der Waals surface area contributed by atoms with Crippen molar-refractivity contribution < 1.29 is 13.9 Å². The summed E-state index contributed by atoms with van der Waals surface area (Å²) in [5, 5.41) is 12.2. The van der Waals surface area contributed by atoms with Gasteiger partial charge >= 0.3 is 0 Å². The molecule has 2 N–H and O–H groups in total. The lowest BCUT2D eigenvalue weighted by Crippen LogP contribution is -2.27. The molecule has 1 saturated heterocycles. The quantitative estimate of drug-likeness (QED) is 0.904. The Bertz CT molecular complexity index is 668. The van der Waals surface area contributed by atoms with Crippen LogP contribution < -0.4 is 10.2 Å². The molecule has 1 fully saturated rings. The largest absolute Gasteiger partial charge is 0.390 e. The smallest absolute Gasteiger partial charge is 0.223 e. The van der Waals surface area contributed by atoms with Crippen LogP contribution in [0.2, 0.25) is 0 Å². The topological polar surface area (TPSA) is 61.3 Å². The van der Waals surface area contributed by atoms with Gasteiger partial charge in [-0.15, -0.1) is 0 Å². The van der Waals surface area contributed by atoms with Crippen molar-refractivity contribution >= 4 is 11.6 Å². The van der Waals surface area contributed by atoms with Gasteiger partial charge in [-0.25, -0.2) is 18.7 Å². The van der Waals surface area contributed by atoms with E-state index < -0.39 is 11.6 Å². The number of hydrogen-bond acceptors (Lipinski definition) is 5. The molecular formula is C15H16F2N4O. The number of rotatable bonds is 4. The molecule has 1 unspecified atom stereocenters. The highest BCUT2D eigenvalue weighted by molar-refractivity contribution is 5.49. The predicted octanol–water partition coefficient (Wildman–Crippen LogP) is 1.94. The number of aliphatic hydroxyl groups is 1.